The van der Waals surface area contributed by atoms with Gasteiger partial charge in [-0.2, -0.15) is 0 Å². The summed E-state index contributed by atoms with van der Waals surface area (Å²) in [4.78, 5) is 40.9. The van der Waals surface area contributed by atoms with Crippen LogP contribution in [-0.2, 0) is 9.59 Å². The molecule has 1 fully saturated rings. The largest absolute Gasteiger partial charge is 0.573 e. The summed E-state index contributed by atoms with van der Waals surface area (Å²) in [7, 11) is 0. The standard InChI is InChI=1S/C17H11F3N2O5S/c18-17(19,20)27-10-5-3-9(4-6-10)22-13(23)8-12(15(22)24)28-14-11(16(25)26)2-1-7-21-14/h1-7,12H,8H2,(H,25,26)/t12-/m0/s1. The predicted molar refractivity (Wildman–Crippen MR) is 91.1 cm³/mol. The van der Waals surface area contributed by atoms with Gasteiger partial charge in [0, 0.05) is 12.6 Å². The number of hydrogen-bond acceptors (Lipinski definition) is 6. The molecule has 11 heteroatoms. The maximum absolute atomic E-state index is 12.6. The van der Waals surface area contributed by atoms with E-state index in [-0.39, 0.29) is 22.7 Å². The third-order valence-electron chi connectivity index (χ3n) is 3.69. The predicted octanol–water partition coefficient (Wildman–Crippen LogP) is 3.10. The van der Waals surface area contributed by atoms with Crippen molar-refractivity contribution >= 4 is 35.2 Å². The molecule has 0 bridgehead atoms. The van der Waals surface area contributed by atoms with Gasteiger partial charge in [0.2, 0.25) is 11.8 Å². The quantitative estimate of drug-likeness (QED) is 0.754. The van der Waals surface area contributed by atoms with Gasteiger partial charge in [-0.15, -0.1) is 13.2 Å². The number of nitrogens with zero attached hydrogens (tertiary/aromatic N) is 2. The maximum atomic E-state index is 12.6. The van der Waals surface area contributed by atoms with Crippen LogP contribution in [0.4, 0.5) is 18.9 Å². The number of rotatable bonds is 5. The van der Waals surface area contributed by atoms with Crippen molar-refractivity contribution < 1.29 is 37.4 Å². The first-order chi connectivity index (χ1) is 13.2. The van der Waals surface area contributed by atoms with E-state index >= 15 is 0 Å². The number of carbonyl (C=O) groups is 3. The van der Waals surface area contributed by atoms with Gasteiger partial charge in [-0.1, -0.05) is 11.8 Å². The second-order valence-corrected chi connectivity index (χ2v) is 6.77. The van der Waals surface area contributed by atoms with Crippen molar-refractivity contribution in [2.45, 2.75) is 23.1 Å². The van der Waals surface area contributed by atoms with E-state index in [9.17, 15) is 32.7 Å². The van der Waals surface area contributed by atoms with E-state index in [0.29, 0.717) is 0 Å². The molecule has 1 aromatic heterocycles. The Balaban J connectivity index is 1.78. The van der Waals surface area contributed by atoms with Crippen molar-refractivity contribution in [1.29, 1.82) is 0 Å². The SMILES string of the molecule is O=C(O)c1cccnc1S[C@H]1CC(=O)N(c2ccc(OC(F)(F)F)cc2)C1=O. The van der Waals surface area contributed by atoms with Gasteiger partial charge in [-0.05, 0) is 36.4 Å². The smallest absolute Gasteiger partial charge is 0.478 e. The molecule has 1 atom stereocenters. The Kier molecular flexibility index (Phi) is 5.27. The molecule has 146 valence electrons. The Morgan fingerprint density at radius 1 is 1.21 bits per heavy atom. The van der Waals surface area contributed by atoms with Crippen LogP contribution in [0.1, 0.15) is 16.8 Å². The van der Waals surface area contributed by atoms with Crippen LogP contribution < -0.4 is 9.64 Å². The first kappa shape index (κ1) is 19.7. The number of imide groups is 1. The molecule has 1 aromatic carbocycles. The molecule has 3 rings (SSSR count). The minimum Gasteiger partial charge on any atom is -0.478 e. The Labute approximate surface area is 160 Å². The molecule has 28 heavy (non-hydrogen) atoms. The number of ether oxygens (including phenoxy) is 1. The lowest BCUT2D eigenvalue weighted by Gasteiger charge is -2.16. The summed E-state index contributed by atoms with van der Waals surface area (Å²) < 4.78 is 40.4. The molecule has 1 aliphatic heterocycles. The molecular formula is C17H11F3N2O5S. The number of carboxylic acid groups (broad SMARTS) is 1. The maximum Gasteiger partial charge on any atom is 0.573 e. The Hall–Kier alpha value is -3.08. The van der Waals surface area contributed by atoms with E-state index in [1.807, 2.05) is 0 Å². The summed E-state index contributed by atoms with van der Waals surface area (Å²) >= 11 is 0.850. The van der Waals surface area contributed by atoms with Crippen LogP contribution in [-0.4, -0.2) is 39.5 Å². The molecule has 2 aromatic rings. The van der Waals surface area contributed by atoms with Gasteiger partial charge in [0.15, 0.2) is 0 Å². The first-order valence-corrected chi connectivity index (χ1v) is 8.61. The highest BCUT2D eigenvalue weighted by Crippen LogP contribution is 2.35. The molecule has 7 nitrogen and oxygen atoms in total. The number of carbonyl (C=O) groups excluding carboxylic acids is 2. The van der Waals surface area contributed by atoms with E-state index in [0.717, 1.165) is 40.9 Å². The fourth-order valence-corrected chi connectivity index (χ4v) is 3.65. The molecular weight excluding hydrogens is 401 g/mol. The van der Waals surface area contributed by atoms with E-state index < -0.39 is 35.1 Å². The molecule has 0 radical (unpaired) electrons. The average molecular weight is 412 g/mol. The number of amides is 2. The zero-order valence-electron chi connectivity index (χ0n) is 13.8. The third kappa shape index (κ3) is 4.25. The number of aromatic carboxylic acids is 1. The Bertz CT molecular complexity index is 933. The number of halogens is 3. The number of anilines is 1. The molecule has 2 heterocycles. The van der Waals surface area contributed by atoms with E-state index in [1.165, 1.54) is 18.3 Å². The molecule has 1 saturated heterocycles. The minimum absolute atomic E-state index is 0.0899. The highest BCUT2D eigenvalue weighted by molar-refractivity contribution is 8.00. The zero-order valence-corrected chi connectivity index (χ0v) is 14.7. The molecule has 1 aliphatic rings. The second-order valence-electron chi connectivity index (χ2n) is 5.58. The average Bonchev–Trinajstić information content (AvgIpc) is 2.88. The third-order valence-corrected chi connectivity index (χ3v) is 4.89. The van der Waals surface area contributed by atoms with Crippen molar-refractivity contribution in [3.63, 3.8) is 0 Å². The van der Waals surface area contributed by atoms with E-state index in [1.54, 1.807) is 0 Å². The van der Waals surface area contributed by atoms with Crippen molar-refractivity contribution in [2.24, 2.45) is 0 Å². The fourth-order valence-electron chi connectivity index (χ4n) is 2.55. The topological polar surface area (TPSA) is 96.8 Å². The molecule has 2 amide bonds. The van der Waals surface area contributed by atoms with Gasteiger partial charge < -0.3 is 9.84 Å². The number of alkyl halides is 3. The van der Waals surface area contributed by atoms with Gasteiger partial charge >= 0.3 is 12.3 Å². The van der Waals surface area contributed by atoms with Crippen LogP contribution in [0, 0.1) is 0 Å². The number of pyridine rings is 1. The van der Waals surface area contributed by atoms with Gasteiger partial charge in [-0.25, -0.2) is 14.7 Å². The number of carboxylic acids is 1. The van der Waals surface area contributed by atoms with Gasteiger partial charge in [-0.3, -0.25) is 9.59 Å². The monoisotopic (exact) mass is 412 g/mol. The molecule has 0 spiro atoms. The lowest BCUT2D eigenvalue weighted by Crippen LogP contribution is -2.31. The number of hydrogen-bond donors (Lipinski definition) is 1. The lowest BCUT2D eigenvalue weighted by atomic mass is 10.3. The highest BCUT2D eigenvalue weighted by Gasteiger charge is 2.41. The number of aromatic nitrogens is 1. The van der Waals surface area contributed by atoms with Crippen LogP contribution in [0.2, 0.25) is 0 Å². The van der Waals surface area contributed by atoms with Crippen LogP contribution >= 0.6 is 11.8 Å². The molecule has 0 unspecified atom stereocenters. The van der Waals surface area contributed by atoms with Crippen LogP contribution in [0.15, 0.2) is 47.6 Å². The van der Waals surface area contributed by atoms with Crippen molar-refractivity contribution in [3.05, 3.63) is 48.2 Å². The summed E-state index contributed by atoms with van der Waals surface area (Å²) in [5, 5.41) is 8.38. The zero-order chi connectivity index (χ0) is 20.5. The normalized spacial score (nSPS) is 17.1. The molecule has 1 N–H and O–H groups in total. The summed E-state index contributed by atoms with van der Waals surface area (Å²) in [6, 6.07) is 7.07. The highest BCUT2D eigenvalue weighted by atomic mass is 32.2. The summed E-state index contributed by atoms with van der Waals surface area (Å²) in [6.45, 7) is 0. The number of thioether (sulfide) groups is 1. The van der Waals surface area contributed by atoms with Gasteiger partial charge in [0.05, 0.1) is 16.5 Å². The van der Waals surface area contributed by atoms with Crippen molar-refractivity contribution in [1.82, 2.24) is 4.98 Å². The fraction of sp³-hybridized carbons (Fsp3) is 0.176. The first-order valence-electron chi connectivity index (χ1n) is 7.73. The minimum atomic E-state index is -4.85. The summed E-state index contributed by atoms with van der Waals surface area (Å²) in [5.41, 5.74) is -0.00745. The van der Waals surface area contributed by atoms with Crippen molar-refractivity contribution in [2.75, 3.05) is 4.90 Å². The Morgan fingerprint density at radius 3 is 2.50 bits per heavy atom. The molecule has 0 saturated carbocycles. The van der Waals surface area contributed by atoms with Gasteiger partial charge in [0.1, 0.15) is 10.8 Å². The van der Waals surface area contributed by atoms with Crippen LogP contribution in [0.25, 0.3) is 0 Å². The van der Waals surface area contributed by atoms with Gasteiger partial charge in [0.25, 0.3) is 0 Å². The van der Waals surface area contributed by atoms with Crippen molar-refractivity contribution in [3.8, 4) is 5.75 Å². The lowest BCUT2D eigenvalue weighted by molar-refractivity contribution is -0.274. The van der Waals surface area contributed by atoms with E-state index in [4.69, 9.17) is 0 Å². The molecule has 0 aliphatic carbocycles. The Morgan fingerprint density at radius 2 is 1.89 bits per heavy atom. The summed E-state index contributed by atoms with van der Waals surface area (Å²) in [5.74, 6) is -2.87. The number of benzene rings is 1. The van der Waals surface area contributed by atoms with Crippen LogP contribution in [0.3, 0.4) is 0 Å². The van der Waals surface area contributed by atoms with Crippen LogP contribution in [0.5, 0.6) is 5.75 Å². The second kappa shape index (κ2) is 7.50. The van der Waals surface area contributed by atoms with E-state index in [2.05, 4.69) is 9.72 Å². The summed E-state index contributed by atoms with van der Waals surface area (Å²) in [6.07, 6.45) is -3.68.